The first kappa shape index (κ1) is 24.5. The van der Waals surface area contributed by atoms with Crippen LogP contribution >= 0.6 is 0 Å². The van der Waals surface area contributed by atoms with Crippen molar-refractivity contribution < 1.29 is 36.7 Å². The van der Waals surface area contributed by atoms with E-state index < -0.39 is 30.1 Å². The van der Waals surface area contributed by atoms with Gasteiger partial charge < -0.3 is 18.8 Å². The Kier molecular flexibility index (Phi) is 7.85. The second-order valence-electron chi connectivity index (χ2n) is 8.43. The zero-order valence-corrected chi connectivity index (χ0v) is 18.2. The van der Waals surface area contributed by atoms with E-state index in [1.807, 2.05) is 27.7 Å². The molecule has 5 nitrogen and oxygen atoms in total. The molecule has 0 radical (unpaired) electrons. The SMILES string of the molecule is COC(=O)CCCCCCOc1ccc(B2OC(C)(C)C(C)(C)O2)cc1C(F)(F)F. The number of halogens is 3. The highest BCUT2D eigenvalue weighted by atomic mass is 19.4. The maximum absolute atomic E-state index is 13.6. The quantitative estimate of drug-likeness (QED) is 0.328. The lowest BCUT2D eigenvalue weighted by Crippen LogP contribution is -2.41. The Balaban J connectivity index is 1.98. The van der Waals surface area contributed by atoms with E-state index in [1.165, 1.54) is 13.2 Å². The molecular formula is C21H30BF3O5. The number of alkyl halides is 3. The van der Waals surface area contributed by atoms with Gasteiger partial charge in [-0.05, 0) is 58.1 Å². The van der Waals surface area contributed by atoms with Gasteiger partial charge in [0.1, 0.15) is 5.75 Å². The van der Waals surface area contributed by atoms with Gasteiger partial charge in [-0.25, -0.2) is 0 Å². The molecule has 1 aromatic rings. The van der Waals surface area contributed by atoms with E-state index in [1.54, 1.807) is 6.07 Å². The van der Waals surface area contributed by atoms with Gasteiger partial charge in [-0.2, -0.15) is 13.2 Å². The second kappa shape index (κ2) is 9.60. The Morgan fingerprint density at radius 1 is 1.03 bits per heavy atom. The highest BCUT2D eigenvalue weighted by Gasteiger charge is 2.52. The number of hydrogen-bond acceptors (Lipinski definition) is 5. The van der Waals surface area contributed by atoms with Crippen LogP contribution in [0.3, 0.4) is 0 Å². The predicted molar refractivity (Wildman–Crippen MR) is 108 cm³/mol. The highest BCUT2D eigenvalue weighted by molar-refractivity contribution is 6.62. The van der Waals surface area contributed by atoms with Crippen LogP contribution in [-0.4, -0.2) is 38.0 Å². The first-order valence-corrected chi connectivity index (χ1v) is 10.1. The van der Waals surface area contributed by atoms with E-state index in [9.17, 15) is 18.0 Å². The molecule has 9 heteroatoms. The minimum Gasteiger partial charge on any atom is -0.493 e. The van der Waals surface area contributed by atoms with Gasteiger partial charge in [0.2, 0.25) is 0 Å². The summed E-state index contributed by atoms with van der Waals surface area (Å²) >= 11 is 0. The largest absolute Gasteiger partial charge is 0.494 e. The van der Waals surface area contributed by atoms with Crippen LogP contribution in [0.4, 0.5) is 13.2 Å². The molecule has 0 aliphatic carbocycles. The van der Waals surface area contributed by atoms with Gasteiger partial charge >= 0.3 is 19.3 Å². The number of rotatable bonds is 9. The lowest BCUT2D eigenvalue weighted by molar-refractivity contribution is -0.141. The topological polar surface area (TPSA) is 54.0 Å². The Labute approximate surface area is 176 Å². The van der Waals surface area contributed by atoms with Crippen LogP contribution in [0.15, 0.2) is 18.2 Å². The second-order valence-corrected chi connectivity index (χ2v) is 8.43. The van der Waals surface area contributed by atoms with Gasteiger partial charge in [-0.15, -0.1) is 0 Å². The third-order valence-corrected chi connectivity index (χ3v) is 5.59. The van der Waals surface area contributed by atoms with Gasteiger partial charge in [-0.3, -0.25) is 4.79 Å². The zero-order chi connectivity index (χ0) is 22.6. The minimum atomic E-state index is -4.56. The lowest BCUT2D eigenvalue weighted by Gasteiger charge is -2.32. The fourth-order valence-corrected chi connectivity index (χ4v) is 3.03. The third-order valence-electron chi connectivity index (χ3n) is 5.59. The van der Waals surface area contributed by atoms with E-state index in [4.69, 9.17) is 14.0 Å². The summed E-state index contributed by atoms with van der Waals surface area (Å²) < 4.78 is 62.5. The Morgan fingerprint density at radius 2 is 1.63 bits per heavy atom. The summed E-state index contributed by atoms with van der Waals surface area (Å²) in [5.74, 6) is -0.472. The Morgan fingerprint density at radius 3 is 2.20 bits per heavy atom. The number of methoxy groups -OCH3 is 1. The molecule has 168 valence electrons. The maximum Gasteiger partial charge on any atom is 0.494 e. The molecular weight excluding hydrogens is 400 g/mol. The number of carbonyl (C=O) groups is 1. The van der Waals surface area contributed by atoms with Gasteiger partial charge in [0.05, 0.1) is 30.5 Å². The molecule has 30 heavy (non-hydrogen) atoms. The number of unbranched alkanes of at least 4 members (excludes halogenated alkanes) is 3. The lowest BCUT2D eigenvalue weighted by atomic mass is 9.78. The molecule has 0 aromatic heterocycles. The van der Waals surface area contributed by atoms with Crippen molar-refractivity contribution in [3.8, 4) is 5.75 Å². The van der Waals surface area contributed by atoms with E-state index in [2.05, 4.69) is 4.74 Å². The number of ether oxygens (including phenoxy) is 2. The monoisotopic (exact) mass is 430 g/mol. The van der Waals surface area contributed by atoms with Crippen LogP contribution in [0.2, 0.25) is 0 Å². The summed E-state index contributed by atoms with van der Waals surface area (Å²) in [7, 11) is 0.465. The highest BCUT2D eigenvalue weighted by Crippen LogP contribution is 2.39. The number of carbonyl (C=O) groups excluding carboxylic acids is 1. The van der Waals surface area contributed by atoms with Crippen molar-refractivity contribution in [1.29, 1.82) is 0 Å². The zero-order valence-electron chi connectivity index (χ0n) is 18.2. The summed E-state index contributed by atoms with van der Waals surface area (Å²) in [5, 5.41) is 0. The van der Waals surface area contributed by atoms with Crippen molar-refractivity contribution in [2.75, 3.05) is 13.7 Å². The number of esters is 1. The van der Waals surface area contributed by atoms with Crippen molar-refractivity contribution in [2.24, 2.45) is 0 Å². The van der Waals surface area contributed by atoms with Crippen molar-refractivity contribution in [3.63, 3.8) is 0 Å². The molecule has 1 fully saturated rings. The standard InChI is InChI=1S/C21H30BF3O5/c1-19(2)20(3,4)30-22(29-19)15-11-12-17(16(14-15)21(23,24)25)28-13-9-7-6-8-10-18(26)27-5/h11-12,14H,6-10,13H2,1-5H3. The van der Waals surface area contributed by atoms with Crippen LogP contribution in [0.5, 0.6) is 5.75 Å². The third kappa shape index (κ3) is 6.14. The number of hydrogen-bond donors (Lipinski definition) is 0. The fraction of sp³-hybridized carbons (Fsp3) is 0.667. The molecule has 1 heterocycles. The summed E-state index contributed by atoms with van der Waals surface area (Å²) in [6.45, 7) is 7.55. The molecule has 1 aromatic carbocycles. The molecule has 2 rings (SSSR count). The van der Waals surface area contributed by atoms with E-state index in [-0.39, 0.29) is 18.3 Å². The van der Waals surface area contributed by atoms with Crippen molar-refractivity contribution in [3.05, 3.63) is 23.8 Å². The molecule has 0 unspecified atom stereocenters. The Bertz CT molecular complexity index is 718. The van der Waals surface area contributed by atoms with Crippen LogP contribution in [0, 0.1) is 0 Å². The van der Waals surface area contributed by atoms with Crippen LogP contribution < -0.4 is 10.2 Å². The summed E-state index contributed by atoms with van der Waals surface area (Å²) in [6, 6.07) is 3.90. The molecule has 1 aliphatic heterocycles. The first-order valence-electron chi connectivity index (χ1n) is 10.1. The van der Waals surface area contributed by atoms with Crippen LogP contribution in [0.25, 0.3) is 0 Å². The van der Waals surface area contributed by atoms with Crippen molar-refractivity contribution in [1.82, 2.24) is 0 Å². The minimum absolute atomic E-state index is 0.164. The number of benzene rings is 1. The molecule has 0 atom stereocenters. The van der Waals surface area contributed by atoms with Crippen molar-refractivity contribution >= 4 is 18.6 Å². The van der Waals surface area contributed by atoms with Gasteiger partial charge in [0, 0.05) is 6.42 Å². The van der Waals surface area contributed by atoms with Gasteiger partial charge in [-0.1, -0.05) is 18.9 Å². The predicted octanol–water partition coefficient (Wildman–Crippen LogP) is 4.51. The Hall–Kier alpha value is -1.74. The van der Waals surface area contributed by atoms with Crippen molar-refractivity contribution in [2.45, 2.75) is 77.2 Å². The maximum atomic E-state index is 13.6. The van der Waals surface area contributed by atoms with E-state index >= 15 is 0 Å². The summed E-state index contributed by atoms with van der Waals surface area (Å²) in [6.07, 6.45) is -1.40. The fourth-order valence-electron chi connectivity index (χ4n) is 3.03. The average molecular weight is 430 g/mol. The molecule has 0 saturated carbocycles. The van der Waals surface area contributed by atoms with E-state index in [0.717, 1.165) is 18.9 Å². The normalized spacial score (nSPS) is 17.8. The van der Waals surface area contributed by atoms with Crippen LogP contribution in [0.1, 0.15) is 65.4 Å². The summed E-state index contributed by atoms with van der Waals surface area (Å²) in [4.78, 5) is 11.0. The van der Waals surface area contributed by atoms with Gasteiger partial charge in [0.25, 0.3) is 0 Å². The molecule has 0 amide bonds. The molecule has 0 bridgehead atoms. The molecule has 1 saturated heterocycles. The molecule has 0 spiro atoms. The van der Waals surface area contributed by atoms with Gasteiger partial charge in [0.15, 0.2) is 0 Å². The average Bonchev–Trinajstić information content (AvgIpc) is 2.87. The molecule has 1 aliphatic rings. The van der Waals surface area contributed by atoms with E-state index in [0.29, 0.717) is 24.7 Å². The first-order chi connectivity index (χ1) is 13.9. The van der Waals surface area contributed by atoms with Crippen LogP contribution in [-0.2, 0) is 25.0 Å². The smallest absolute Gasteiger partial charge is 0.493 e. The summed E-state index contributed by atoms with van der Waals surface area (Å²) in [5.41, 5.74) is -1.82. The molecule has 0 N–H and O–H groups in total.